The summed E-state index contributed by atoms with van der Waals surface area (Å²) < 4.78 is 0. The minimum absolute atomic E-state index is 0.116. The summed E-state index contributed by atoms with van der Waals surface area (Å²) in [5.74, 6) is 2.37. The van der Waals surface area contributed by atoms with E-state index in [9.17, 15) is 10.2 Å². The van der Waals surface area contributed by atoms with Crippen molar-refractivity contribution in [1.82, 2.24) is 4.98 Å². The van der Waals surface area contributed by atoms with E-state index in [-0.39, 0.29) is 10.8 Å². The average Bonchev–Trinajstić information content (AvgIpc) is 3.23. The van der Waals surface area contributed by atoms with Crippen LogP contribution in [0.25, 0.3) is 44.8 Å². The molecule has 5 rings (SSSR count). The molecule has 0 aliphatic heterocycles. The zero-order chi connectivity index (χ0) is 45.5. The van der Waals surface area contributed by atoms with Crippen LogP contribution in [-0.4, -0.2) is 15.2 Å². The molecule has 1 heterocycles. The fraction of sp³-hybridized carbons (Fsp3) is 0.441. The maximum absolute atomic E-state index is 12.2. The minimum Gasteiger partial charge on any atom is -0.507 e. The Bertz CT molecular complexity index is 2170. The van der Waals surface area contributed by atoms with Crippen LogP contribution in [0.4, 0.5) is 0 Å². The molecule has 2 atom stereocenters. The highest BCUT2D eigenvalue weighted by atomic mass is 16.3. The van der Waals surface area contributed by atoms with Crippen molar-refractivity contribution in [3.8, 4) is 56.3 Å². The second-order valence-electron chi connectivity index (χ2n) is 20.6. The first-order valence-electron chi connectivity index (χ1n) is 23.5. The third kappa shape index (κ3) is 11.4. The van der Waals surface area contributed by atoms with Gasteiger partial charge in [-0.25, -0.2) is 4.98 Å². The first-order valence-corrected chi connectivity index (χ1v) is 23.5. The number of allylic oxidation sites excluding steroid dienone is 2. The van der Waals surface area contributed by atoms with Gasteiger partial charge in [0.2, 0.25) is 0 Å². The summed E-state index contributed by atoms with van der Waals surface area (Å²) in [4.78, 5) is 5.53. The highest BCUT2D eigenvalue weighted by Gasteiger charge is 2.25. The Kier molecular flexibility index (Phi) is 15.9. The number of aromatic hydroxyl groups is 2. The number of hydrogen-bond acceptors (Lipinski definition) is 3. The lowest BCUT2D eigenvalue weighted by Gasteiger charge is -2.25. The molecule has 0 bridgehead atoms. The lowest BCUT2D eigenvalue weighted by atomic mass is 9.81. The Balaban J connectivity index is 1.74. The molecular formula is C59H77NO2. The molecule has 5 aromatic rings. The molecule has 0 fully saturated rings. The lowest BCUT2D eigenvalue weighted by Crippen LogP contribution is -2.12. The average molecular weight is 832 g/mol. The molecule has 3 nitrogen and oxygen atoms in total. The fourth-order valence-electron chi connectivity index (χ4n) is 8.69. The number of benzene rings is 4. The zero-order valence-electron chi connectivity index (χ0n) is 40.4. The number of aromatic nitrogens is 1. The molecule has 3 heteroatoms. The highest BCUT2D eigenvalue weighted by Crippen LogP contribution is 2.46. The van der Waals surface area contributed by atoms with Gasteiger partial charge in [-0.15, -0.1) is 13.2 Å². The highest BCUT2D eigenvalue weighted by molar-refractivity contribution is 5.89. The van der Waals surface area contributed by atoms with Crippen LogP contribution in [-0.2, 0) is 23.7 Å². The van der Waals surface area contributed by atoms with E-state index in [1.807, 2.05) is 12.2 Å². The first kappa shape index (κ1) is 48.1. The van der Waals surface area contributed by atoms with Gasteiger partial charge in [0.15, 0.2) is 0 Å². The summed E-state index contributed by atoms with van der Waals surface area (Å²) in [6.07, 6.45) is 11.8. The predicted molar refractivity (Wildman–Crippen MR) is 269 cm³/mol. The normalized spacial score (nSPS) is 13.1. The third-order valence-corrected chi connectivity index (χ3v) is 13.2. The number of phenols is 2. The van der Waals surface area contributed by atoms with E-state index in [0.29, 0.717) is 35.2 Å². The van der Waals surface area contributed by atoms with Crippen molar-refractivity contribution in [2.45, 2.75) is 157 Å². The summed E-state index contributed by atoms with van der Waals surface area (Å²) in [6.45, 7) is 34.9. The topological polar surface area (TPSA) is 53.4 Å². The van der Waals surface area contributed by atoms with Crippen molar-refractivity contribution in [2.24, 2.45) is 11.8 Å². The van der Waals surface area contributed by atoms with Crippen LogP contribution < -0.4 is 0 Å². The van der Waals surface area contributed by atoms with Crippen molar-refractivity contribution in [3.63, 3.8) is 0 Å². The lowest BCUT2D eigenvalue weighted by molar-refractivity contribution is 0.448. The largest absolute Gasteiger partial charge is 0.507 e. The van der Waals surface area contributed by atoms with Crippen molar-refractivity contribution < 1.29 is 10.2 Å². The second kappa shape index (κ2) is 20.5. The van der Waals surface area contributed by atoms with E-state index in [1.165, 1.54) is 22.3 Å². The van der Waals surface area contributed by atoms with E-state index in [0.717, 1.165) is 107 Å². The Morgan fingerprint density at radius 2 is 0.919 bits per heavy atom. The molecule has 0 radical (unpaired) electrons. The van der Waals surface area contributed by atoms with Gasteiger partial charge >= 0.3 is 0 Å². The number of phenolic OH excluding ortho intramolecular Hbond substituents is 2. The summed E-state index contributed by atoms with van der Waals surface area (Å²) in [5, 5.41) is 24.5. The molecular weight excluding hydrogens is 755 g/mol. The third-order valence-electron chi connectivity index (χ3n) is 13.2. The van der Waals surface area contributed by atoms with E-state index in [4.69, 9.17) is 4.98 Å². The maximum atomic E-state index is 12.2. The second-order valence-corrected chi connectivity index (χ2v) is 20.6. The van der Waals surface area contributed by atoms with Gasteiger partial charge in [-0.2, -0.15) is 0 Å². The van der Waals surface area contributed by atoms with Gasteiger partial charge in [0.1, 0.15) is 11.5 Å². The Morgan fingerprint density at radius 3 is 1.24 bits per heavy atom. The van der Waals surface area contributed by atoms with Crippen molar-refractivity contribution in [2.75, 3.05) is 0 Å². The number of hydrogen-bond donors (Lipinski definition) is 2. The smallest absolute Gasteiger partial charge is 0.126 e. The summed E-state index contributed by atoms with van der Waals surface area (Å²) in [6, 6.07) is 28.5. The van der Waals surface area contributed by atoms with Gasteiger partial charge in [0.05, 0.1) is 11.4 Å². The molecule has 330 valence electrons. The molecule has 0 aliphatic rings. The van der Waals surface area contributed by atoms with Gasteiger partial charge in [0.25, 0.3) is 0 Å². The molecule has 0 aliphatic carbocycles. The molecule has 0 amide bonds. The van der Waals surface area contributed by atoms with Gasteiger partial charge in [0, 0.05) is 22.3 Å². The maximum Gasteiger partial charge on any atom is 0.126 e. The van der Waals surface area contributed by atoms with Crippen molar-refractivity contribution >= 4 is 0 Å². The molecule has 62 heavy (non-hydrogen) atoms. The zero-order valence-corrected chi connectivity index (χ0v) is 40.4. The molecule has 4 aromatic carbocycles. The van der Waals surface area contributed by atoms with E-state index in [1.54, 1.807) is 0 Å². The van der Waals surface area contributed by atoms with Crippen LogP contribution >= 0.6 is 0 Å². The first-order chi connectivity index (χ1) is 29.3. The number of pyridine rings is 1. The van der Waals surface area contributed by atoms with Crippen molar-refractivity contribution in [3.05, 3.63) is 138 Å². The van der Waals surface area contributed by atoms with Gasteiger partial charge in [-0.1, -0.05) is 151 Å². The molecule has 2 unspecified atom stereocenters. The number of nitrogens with zero attached hydrogens (tertiary/aromatic N) is 1. The fourth-order valence-corrected chi connectivity index (χ4v) is 8.69. The number of aryl methyl sites for hydroxylation is 2. The molecule has 1 aromatic heterocycles. The van der Waals surface area contributed by atoms with Crippen LogP contribution in [0.2, 0.25) is 0 Å². The van der Waals surface area contributed by atoms with Gasteiger partial charge in [-0.05, 0) is 154 Å². The van der Waals surface area contributed by atoms with Crippen LogP contribution in [0, 0.1) is 11.8 Å². The van der Waals surface area contributed by atoms with Gasteiger partial charge < -0.3 is 10.2 Å². The van der Waals surface area contributed by atoms with Crippen molar-refractivity contribution in [1.29, 1.82) is 0 Å². The predicted octanol–water partition coefficient (Wildman–Crippen LogP) is 17.1. The standard InChI is InChI=1S/C59H77NO2/c1-15-20-40(17-3)24-26-44-32-46(58(9,10)11)36-52(56(44)61)48-30-28-42(38(5)6)34-50(48)54-22-19-23-55(60-54)51-35-43(39(7)8)29-31-49(51)53-37-47(59(12,13)14)33-45(57(53)62)27-25-41(18-4)21-16-2/h15-16,19,22-23,28-41,61-62H,1-2,17-18,20-21,24-27H2,3-14H3. The number of rotatable bonds is 18. The van der Waals surface area contributed by atoms with Gasteiger partial charge in [-0.3, -0.25) is 0 Å². The SMILES string of the molecule is C=CCC(CC)CCc1cc(C(C)(C)C)cc(-c2ccc(C(C)C)cc2-c2cccc(-c3cc(C(C)C)ccc3-c3cc(C(C)(C)C)cc(CCC(CC)CC=C)c3O)n2)c1O. The Morgan fingerprint density at radius 1 is 0.532 bits per heavy atom. The quantitative estimate of drug-likeness (QED) is 0.0865. The Hall–Kier alpha value is -4.89. The minimum atomic E-state index is -0.116. The summed E-state index contributed by atoms with van der Waals surface area (Å²) in [5.41, 5.74) is 13.9. The monoisotopic (exact) mass is 832 g/mol. The van der Waals surface area contributed by atoms with E-state index < -0.39 is 0 Å². The summed E-state index contributed by atoms with van der Waals surface area (Å²) >= 11 is 0. The Labute approximate surface area is 376 Å². The van der Waals surface area contributed by atoms with E-state index in [2.05, 4.69) is 175 Å². The van der Waals surface area contributed by atoms with Crippen LogP contribution in [0.3, 0.4) is 0 Å². The van der Waals surface area contributed by atoms with Crippen LogP contribution in [0.5, 0.6) is 11.5 Å². The van der Waals surface area contributed by atoms with Crippen LogP contribution in [0.15, 0.2) is 104 Å². The summed E-state index contributed by atoms with van der Waals surface area (Å²) in [7, 11) is 0. The van der Waals surface area contributed by atoms with Crippen LogP contribution in [0.1, 0.15) is 167 Å². The molecule has 0 spiro atoms. The molecule has 2 N–H and O–H groups in total. The molecule has 0 saturated carbocycles. The van der Waals surface area contributed by atoms with E-state index >= 15 is 0 Å². The molecule has 0 saturated heterocycles.